The fourth-order valence-corrected chi connectivity index (χ4v) is 3.41. The van der Waals surface area contributed by atoms with Gasteiger partial charge in [-0.2, -0.15) is 0 Å². The molecule has 0 unspecified atom stereocenters. The standard InChI is InChI=1S/C15H29BrO2/c1-12(2)14-5-7-15(11-16,8-6-14)18-10-9-17-13(3)4/h12-14H,5-11H2,1-4H3. The third-order valence-corrected chi connectivity index (χ3v) is 5.09. The van der Waals surface area contributed by atoms with Gasteiger partial charge in [-0.15, -0.1) is 0 Å². The zero-order valence-electron chi connectivity index (χ0n) is 12.4. The minimum Gasteiger partial charge on any atom is -0.376 e. The molecule has 0 bridgehead atoms. The van der Waals surface area contributed by atoms with Gasteiger partial charge in [0.1, 0.15) is 0 Å². The van der Waals surface area contributed by atoms with E-state index in [9.17, 15) is 0 Å². The molecule has 0 N–H and O–H groups in total. The first kappa shape index (κ1) is 16.5. The number of hydrogen-bond acceptors (Lipinski definition) is 2. The molecule has 0 heterocycles. The Morgan fingerprint density at radius 3 is 2.17 bits per heavy atom. The smallest absolute Gasteiger partial charge is 0.0780 e. The molecule has 18 heavy (non-hydrogen) atoms. The first-order valence-electron chi connectivity index (χ1n) is 7.30. The molecule has 0 aliphatic heterocycles. The minimum absolute atomic E-state index is 0.0612. The van der Waals surface area contributed by atoms with E-state index in [0.717, 1.165) is 23.8 Å². The average Bonchev–Trinajstić information content (AvgIpc) is 2.35. The van der Waals surface area contributed by atoms with Gasteiger partial charge in [0.25, 0.3) is 0 Å². The lowest BCUT2D eigenvalue weighted by molar-refractivity contribution is -0.0868. The van der Waals surface area contributed by atoms with Crippen molar-refractivity contribution in [3.05, 3.63) is 0 Å². The van der Waals surface area contributed by atoms with Crippen molar-refractivity contribution < 1.29 is 9.47 Å². The maximum Gasteiger partial charge on any atom is 0.0780 e. The van der Waals surface area contributed by atoms with Crippen LogP contribution in [0.25, 0.3) is 0 Å². The monoisotopic (exact) mass is 320 g/mol. The van der Waals surface area contributed by atoms with Crippen molar-refractivity contribution in [3.63, 3.8) is 0 Å². The number of hydrogen-bond donors (Lipinski definition) is 0. The van der Waals surface area contributed by atoms with E-state index in [1.165, 1.54) is 25.7 Å². The molecule has 1 fully saturated rings. The highest BCUT2D eigenvalue weighted by Gasteiger charge is 2.36. The van der Waals surface area contributed by atoms with Crippen LogP contribution in [-0.4, -0.2) is 30.2 Å². The van der Waals surface area contributed by atoms with Gasteiger partial charge in [0.05, 0.1) is 24.9 Å². The lowest BCUT2D eigenvalue weighted by atomic mass is 9.75. The maximum absolute atomic E-state index is 6.13. The van der Waals surface area contributed by atoms with Crippen molar-refractivity contribution in [2.24, 2.45) is 11.8 Å². The lowest BCUT2D eigenvalue weighted by Gasteiger charge is -2.40. The second-order valence-corrected chi connectivity index (χ2v) is 6.73. The van der Waals surface area contributed by atoms with Crippen molar-refractivity contribution in [3.8, 4) is 0 Å². The van der Waals surface area contributed by atoms with Gasteiger partial charge in [-0.1, -0.05) is 29.8 Å². The summed E-state index contributed by atoms with van der Waals surface area (Å²) < 4.78 is 11.7. The van der Waals surface area contributed by atoms with E-state index >= 15 is 0 Å². The van der Waals surface area contributed by atoms with E-state index in [4.69, 9.17) is 9.47 Å². The first-order valence-corrected chi connectivity index (χ1v) is 8.43. The molecule has 0 spiro atoms. The first-order chi connectivity index (χ1) is 8.49. The minimum atomic E-state index is 0.0612. The van der Waals surface area contributed by atoms with Gasteiger partial charge in [-0.05, 0) is 51.4 Å². The summed E-state index contributed by atoms with van der Waals surface area (Å²) in [5, 5.41) is 0.951. The third kappa shape index (κ3) is 5.18. The van der Waals surface area contributed by atoms with Crippen LogP contribution in [0.5, 0.6) is 0 Å². The Kier molecular flexibility index (Phi) is 7.19. The molecule has 0 atom stereocenters. The lowest BCUT2D eigenvalue weighted by Crippen LogP contribution is -2.40. The summed E-state index contributed by atoms with van der Waals surface area (Å²) in [6.45, 7) is 10.2. The molecule has 2 nitrogen and oxygen atoms in total. The number of ether oxygens (including phenoxy) is 2. The van der Waals surface area contributed by atoms with Crippen LogP contribution in [-0.2, 0) is 9.47 Å². The Labute approximate surface area is 121 Å². The van der Waals surface area contributed by atoms with Crippen LogP contribution < -0.4 is 0 Å². The van der Waals surface area contributed by atoms with Crippen LogP contribution in [0.2, 0.25) is 0 Å². The van der Waals surface area contributed by atoms with Crippen LogP contribution in [0.3, 0.4) is 0 Å². The van der Waals surface area contributed by atoms with E-state index in [2.05, 4.69) is 43.6 Å². The molecule has 3 heteroatoms. The highest BCUT2D eigenvalue weighted by Crippen LogP contribution is 2.39. The van der Waals surface area contributed by atoms with Gasteiger partial charge < -0.3 is 9.47 Å². The Bertz CT molecular complexity index is 221. The highest BCUT2D eigenvalue weighted by atomic mass is 79.9. The number of alkyl halides is 1. The summed E-state index contributed by atoms with van der Waals surface area (Å²) in [7, 11) is 0. The van der Waals surface area contributed by atoms with E-state index in [1.807, 2.05) is 0 Å². The molecular formula is C15H29BrO2. The molecular weight excluding hydrogens is 292 g/mol. The quantitative estimate of drug-likeness (QED) is 0.511. The van der Waals surface area contributed by atoms with Gasteiger partial charge in [0.15, 0.2) is 0 Å². The molecule has 0 saturated heterocycles. The predicted octanol–water partition coefficient (Wildman–Crippen LogP) is 4.41. The van der Waals surface area contributed by atoms with E-state index in [1.54, 1.807) is 0 Å². The Hall–Kier alpha value is 0.400. The summed E-state index contributed by atoms with van der Waals surface area (Å²) in [4.78, 5) is 0. The molecule has 0 radical (unpaired) electrons. The van der Waals surface area contributed by atoms with Gasteiger partial charge in [0, 0.05) is 5.33 Å². The SMILES string of the molecule is CC(C)OCCOC1(CBr)CCC(C(C)C)CC1. The zero-order chi connectivity index (χ0) is 13.6. The fraction of sp³-hybridized carbons (Fsp3) is 1.00. The van der Waals surface area contributed by atoms with Crippen molar-refractivity contribution in [2.75, 3.05) is 18.5 Å². The second kappa shape index (κ2) is 7.86. The molecule has 0 amide bonds. The second-order valence-electron chi connectivity index (χ2n) is 6.17. The summed E-state index contributed by atoms with van der Waals surface area (Å²) in [5.41, 5.74) is 0.0612. The molecule has 1 saturated carbocycles. The molecule has 108 valence electrons. The predicted molar refractivity (Wildman–Crippen MR) is 80.4 cm³/mol. The molecule has 1 aliphatic carbocycles. The van der Waals surface area contributed by atoms with Crippen LogP contribution >= 0.6 is 15.9 Å². The zero-order valence-corrected chi connectivity index (χ0v) is 14.0. The van der Waals surface area contributed by atoms with Gasteiger partial charge in [-0.3, -0.25) is 0 Å². The summed E-state index contributed by atoms with van der Waals surface area (Å²) in [6.07, 6.45) is 5.26. The summed E-state index contributed by atoms with van der Waals surface area (Å²) in [5.74, 6) is 1.69. The fourth-order valence-electron chi connectivity index (χ4n) is 2.69. The summed E-state index contributed by atoms with van der Waals surface area (Å²) >= 11 is 3.64. The van der Waals surface area contributed by atoms with E-state index in [0.29, 0.717) is 12.7 Å². The Balaban J connectivity index is 2.31. The molecule has 0 aromatic heterocycles. The van der Waals surface area contributed by atoms with Crippen molar-refractivity contribution in [2.45, 2.75) is 65.1 Å². The van der Waals surface area contributed by atoms with Crippen molar-refractivity contribution in [1.29, 1.82) is 0 Å². The van der Waals surface area contributed by atoms with Crippen LogP contribution in [0, 0.1) is 11.8 Å². The molecule has 1 aliphatic rings. The maximum atomic E-state index is 6.13. The third-order valence-electron chi connectivity index (χ3n) is 4.07. The molecule has 0 aromatic carbocycles. The van der Waals surface area contributed by atoms with Crippen molar-refractivity contribution >= 4 is 15.9 Å². The van der Waals surface area contributed by atoms with Crippen LogP contribution in [0.1, 0.15) is 53.4 Å². The number of halogens is 1. The average molecular weight is 321 g/mol. The Morgan fingerprint density at radius 2 is 1.72 bits per heavy atom. The van der Waals surface area contributed by atoms with Crippen LogP contribution in [0.15, 0.2) is 0 Å². The van der Waals surface area contributed by atoms with E-state index < -0.39 is 0 Å². The topological polar surface area (TPSA) is 18.5 Å². The van der Waals surface area contributed by atoms with Gasteiger partial charge in [-0.25, -0.2) is 0 Å². The van der Waals surface area contributed by atoms with Crippen molar-refractivity contribution in [1.82, 2.24) is 0 Å². The molecule has 0 aromatic rings. The van der Waals surface area contributed by atoms with Gasteiger partial charge in [0.2, 0.25) is 0 Å². The van der Waals surface area contributed by atoms with E-state index in [-0.39, 0.29) is 5.60 Å². The highest BCUT2D eigenvalue weighted by molar-refractivity contribution is 9.09. The largest absolute Gasteiger partial charge is 0.376 e. The molecule has 1 rings (SSSR count). The number of rotatable bonds is 7. The Morgan fingerprint density at radius 1 is 1.11 bits per heavy atom. The normalized spacial score (nSPS) is 29.2. The van der Waals surface area contributed by atoms with Crippen LogP contribution in [0.4, 0.5) is 0 Å². The summed E-state index contributed by atoms with van der Waals surface area (Å²) in [6, 6.07) is 0. The van der Waals surface area contributed by atoms with Gasteiger partial charge >= 0.3 is 0 Å².